The second kappa shape index (κ2) is 7.53. The number of unbranched alkanes of at least 4 members (excludes halogenated alkanes) is 1. The quantitative estimate of drug-likeness (QED) is 0.683. The van der Waals surface area contributed by atoms with Gasteiger partial charge in [0.2, 0.25) is 0 Å². The molecule has 1 N–H and O–H groups in total. The van der Waals surface area contributed by atoms with Crippen LogP contribution in [-0.4, -0.2) is 25.3 Å². The lowest BCUT2D eigenvalue weighted by molar-refractivity contribution is -0.112. The predicted molar refractivity (Wildman–Crippen MR) is 100 cm³/mol. The van der Waals surface area contributed by atoms with Gasteiger partial charge in [-0.15, -0.1) is 0 Å². The molecule has 0 saturated heterocycles. The normalized spacial score (nSPS) is 11.5. The molecule has 1 amide bonds. The molecule has 0 aliphatic carbocycles. The number of halogens is 1. The van der Waals surface area contributed by atoms with Gasteiger partial charge in [-0.25, -0.2) is 9.66 Å². The van der Waals surface area contributed by atoms with Gasteiger partial charge in [0.05, 0.1) is 16.7 Å². The zero-order valence-electron chi connectivity index (χ0n) is 14.2. The van der Waals surface area contributed by atoms with Gasteiger partial charge in [0.25, 0.3) is 5.91 Å². The van der Waals surface area contributed by atoms with E-state index in [4.69, 9.17) is 11.6 Å². The van der Waals surface area contributed by atoms with Gasteiger partial charge in [0.1, 0.15) is 11.5 Å². The van der Waals surface area contributed by atoms with Gasteiger partial charge in [0.15, 0.2) is 0 Å². The van der Waals surface area contributed by atoms with E-state index in [1.807, 2.05) is 31.2 Å². The number of fused-ring (bicyclic) bond motifs is 1. The molecule has 25 heavy (non-hydrogen) atoms. The smallest absolute Gasteiger partial charge is 0.262 e. The third-order valence-corrected chi connectivity index (χ3v) is 4.32. The summed E-state index contributed by atoms with van der Waals surface area (Å²) in [4.78, 5) is 16.5. The van der Waals surface area contributed by atoms with E-state index in [9.17, 15) is 4.79 Å². The Morgan fingerprint density at radius 1 is 1.36 bits per heavy atom. The van der Waals surface area contributed by atoms with E-state index in [2.05, 4.69) is 22.4 Å². The summed E-state index contributed by atoms with van der Waals surface area (Å²) in [5.41, 5.74) is 6.01. The first kappa shape index (κ1) is 17.2. The first-order chi connectivity index (χ1) is 12.1. The number of benzene rings is 1. The highest BCUT2D eigenvalue weighted by molar-refractivity contribution is 6.31. The Kier molecular flexibility index (Phi) is 5.19. The lowest BCUT2D eigenvalue weighted by atomic mass is 10.2. The molecule has 7 heteroatoms. The highest BCUT2D eigenvalue weighted by atomic mass is 35.5. The molecule has 1 aromatic carbocycles. The summed E-state index contributed by atoms with van der Waals surface area (Å²) in [5.74, 6) is -0.264. The summed E-state index contributed by atoms with van der Waals surface area (Å²) >= 11 is 6.37. The summed E-state index contributed by atoms with van der Waals surface area (Å²) in [7, 11) is 0. The van der Waals surface area contributed by atoms with Crippen molar-refractivity contribution in [3.63, 3.8) is 0 Å². The van der Waals surface area contributed by atoms with Crippen LogP contribution in [0, 0.1) is 6.92 Å². The van der Waals surface area contributed by atoms with E-state index in [0.29, 0.717) is 5.15 Å². The Balaban J connectivity index is 1.73. The number of imidazole rings is 1. The lowest BCUT2D eigenvalue weighted by Gasteiger charge is -2.04. The standard InChI is InChI=1S/C18H20ClN5O/c1-3-4-11-23-18(19)14(13(2)21-23)9-10-17(25)22-24-12-20-15-7-5-6-8-16(15)24/h5-10,12H,3-4,11H2,1-2H3,(H,22,25)/b10-9+. The minimum Gasteiger partial charge on any atom is -0.268 e. The molecule has 0 spiro atoms. The zero-order valence-corrected chi connectivity index (χ0v) is 15.0. The molecule has 0 radical (unpaired) electrons. The molecule has 3 aromatic rings. The second-order valence-corrected chi connectivity index (χ2v) is 6.14. The van der Waals surface area contributed by atoms with Crippen LogP contribution in [0.4, 0.5) is 0 Å². The summed E-state index contributed by atoms with van der Waals surface area (Å²) in [6, 6.07) is 7.59. The average molecular weight is 358 g/mol. The molecule has 0 aliphatic rings. The summed E-state index contributed by atoms with van der Waals surface area (Å²) < 4.78 is 3.38. The Labute approximate surface area is 151 Å². The van der Waals surface area contributed by atoms with Gasteiger partial charge >= 0.3 is 0 Å². The number of hydrogen-bond donors (Lipinski definition) is 1. The van der Waals surface area contributed by atoms with E-state index in [-0.39, 0.29) is 5.91 Å². The van der Waals surface area contributed by atoms with Crippen LogP contribution in [0.2, 0.25) is 5.15 Å². The number of carbonyl (C=O) groups is 1. The summed E-state index contributed by atoms with van der Waals surface area (Å²) in [6.45, 7) is 4.78. The number of nitrogens with zero attached hydrogens (tertiary/aromatic N) is 4. The average Bonchev–Trinajstić information content (AvgIpc) is 3.13. The molecule has 6 nitrogen and oxygen atoms in total. The Morgan fingerprint density at radius 3 is 2.96 bits per heavy atom. The first-order valence-corrected chi connectivity index (χ1v) is 8.62. The van der Waals surface area contributed by atoms with Crippen LogP contribution in [0.5, 0.6) is 0 Å². The molecule has 0 bridgehead atoms. The number of aryl methyl sites for hydroxylation is 2. The van der Waals surface area contributed by atoms with Gasteiger partial charge < -0.3 is 0 Å². The van der Waals surface area contributed by atoms with Crippen molar-refractivity contribution >= 4 is 34.6 Å². The third kappa shape index (κ3) is 3.74. The molecule has 0 unspecified atom stereocenters. The minimum absolute atomic E-state index is 0.264. The van der Waals surface area contributed by atoms with Gasteiger partial charge in [-0.2, -0.15) is 5.10 Å². The molecule has 0 aliphatic heterocycles. The minimum atomic E-state index is -0.264. The Hall–Kier alpha value is -2.60. The maximum atomic E-state index is 12.2. The maximum absolute atomic E-state index is 12.2. The number of amides is 1. The number of carbonyl (C=O) groups excluding carboxylic acids is 1. The largest absolute Gasteiger partial charge is 0.268 e. The van der Waals surface area contributed by atoms with Crippen molar-refractivity contribution in [1.29, 1.82) is 0 Å². The SMILES string of the molecule is CCCCn1nc(C)c(/C=C/C(=O)Nn2cnc3ccccc32)c1Cl. The monoisotopic (exact) mass is 357 g/mol. The van der Waals surface area contributed by atoms with Crippen molar-refractivity contribution in [3.8, 4) is 0 Å². The fraction of sp³-hybridized carbons (Fsp3) is 0.278. The van der Waals surface area contributed by atoms with Crippen molar-refractivity contribution in [2.24, 2.45) is 0 Å². The molecule has 0 fully saturated rings. The van der Waals surface area contributed by atoms with Crippen LogP contribution >= 0.6 is 11.6 Å². The van der Waals surface area contributed by atoms with E-state index in [0.717, 1.165) is 41.7 Å². The van der Waals surface area contributed by atoms with Crippen LogP contribution in [0.25, 0.3) is 17.1 Å². The summed E-state index contributed by atoms with van der Waals surface area (Å²) in [6.07, 6.45) is 6.81. The zero-order chi connectivity index (χ0) is 17.8. The van der Waals surface area contributed by atoms with Crippen molar-refractivity contribution in [3.05, 3.63) is 53.1 Å². The van der Waals surface area contributed by atoms with Crippen LogP contribution in [0.3, 0.4) is 0 Å². The van der Waals surface area contributed by atoms with E-state index in [1.165, 1.54) is 6.08 Å². The lowest BCUT2D eigenvalue weighted by Crippen LogP contribution is -2.19. The Morgan fingerprint density at radius 2 is 2.16 bits per heavy atom. The molecular formula is C18H20ClN5O. The molecule has 0 saturated carbocycles. The van der Waals surface area contributed by atoms with E-state index < -0.39 is 0 Å². The van der Waals surface area contributed by atoms with Gasteiger partial charge in [0, 0.05) is 18.2 Å². The number of para-hydroxylation sites is 2. The number of nitrogens with one attached hydrogen (secondary N) is 1. The van der Waals surface area contributed by atoms with Crippen molar-refractivity contribution in [2.75, 3.05) is 5.43 Å². The summed E-state index contributed by atoms with van der Waals surface area (Å²) in [5, 5.41) is 4.99. The Bertz CT molecular complexity index is 925. The van der Waals surface area contributed by atoms with Crippen LogP contribution < -0.4 is 5.43 Å². The van der Waals surface area contributed by atoms with Crippen molar-refractivity contribution in [1.82, 2.24) is 19.4 Å². The highest BCUT2D eigenvalue weighted by Gasteiger charge is 2.11. The second-order valence-electron chi connectivity index (χ2n) is 5.78. The maximum Gasteiger partial charge on any atom is 0.262 e. The van der Waals surface area contributed by atoms with Crippen LogP contribution in [-0.2, 0) is 11.3 Å². The van der Waals surface area contributed by atoms with Gasteiger partial charge in [-0.1, -0.05) is 37.1 Å². The number of hydrogen-bond acceptors (Lipinski definition) is 3. The fourth-order valence-corrected chi connectivity index (χ4v) is 2.90. The number of aromatic nitrogens is 4. The highest BCUT2D eigenvalue weighted by Crippen LogP contribution is 2.21. The topological polar surface area (TPSA) is 64.7 Å². The first-order valence-electron chi connectivity index (χ1n) is 8.24. The number of rotatable bonds is 6. The van der Waals surface area contributed by atoms with E-state index >= 15 is 0 Å². The van der Waals surface area contributed by atoms with Crippen molar-refractivity contribution < 1.29 is 4.79 Å². The van der Waals surface area contributed by atoms with Crippen LogP contribution in [0.1, 0.15) is 31.0 Å². The van der Waals surface area contributed by atoms with Gasteiger partial charge in [-0.05, 0) is 31.6 Å². The molecular weight excluding hydrogens is 338 g/mol. The fourth-order valence-electron chi connectivity index (χ4n) is 2.58. The molecule has 2 aromatic heterocycles. The van der Waals surface area contributed by atoms with Crippen LogP contribution in [0.15, 0.2) is 36.7 Å². The molecule has 130 valence electrons. The predicted octanol–water partition coefficient (Wildman–Crippen LogP) is 3.78. The van der Waals surface area contributed by atoms with Crippen molar-refractivity contribution in [2.45, 2.75) is 33.2 Å². The molecule has 3 rings (SSSR count). The molecule has 0 atom stereocenters. The molecule has 2 heterocycles. The third-order valence-electron chi connectivity index (χ3n) is 3.92. The van der Waals surface area contributed by atoms with E-state index in [1.54, 1.807) is 21.8 Å². The van der Waals surface area contributed by atoms with Gasteiger partial charge in [-0.3, -0.25) is 14.9 Å².